The highest BCUT2D eigenvalue weighted by molar-refractivity contribution is 5.80. The van der Waals surface area contributed by atoms with E-state index in [1.165, 1.54) is 44.2 Å². The Labute approximate surface area is 149 Å². The van der Waals surface area contributed by atoms with E-state index in [0.717, 1.165) is 43.7 Å². The highest BCUT2D eigenvalue weighted by atomic mass is 19.1. The Balaban J connectivity index is 1.23. The molecule has 0 radical (unpaired) electrons. The third-order valence-corrected chi connectivity index (χ3v) is 7.30. The van der Waals surface area contributed by atoms with Gasteiger partial charge in [-0.25, -0.2) is 4.39 Å². The van der Waals surface area contributed by atoms with Crippen molar-refractivity contribution in [2.45, 2.75) is 32.1 Å². The quantitative estimate of drug-likeness (QED) is 0.821. The molecule has 0 N–H and O–H groups in total. The largest absolute Gasteiger partial charge is 0.368 e. The fraction of sp³-hybridized carbons (Fsp3) is 0.667. The molecule has 1 aromatic rings. The molecule has 5 aliphatic rings. The molecule has 3 nitrogen and oxygen atoms in total. The number of carbonyl (C=O) groups is 1. The molecule has 4 bridgehead atoms. The predicted octanol–water partition coefficient (Wildman–Crippen LogP) is 3.55. The second kappa shape index (κ2) is 6.00. The van der Waals surface area contributed by atoms with E-state index in [-0.39, 0.29) is 5.82 Å². The first kappa shape index (κ1) is 15.7. The molecule has 4 aliphatic carbocycles. The van der Waals surface area contributed by atoms with Gasteiger partial charge < -0.3 is 9.80 Å². The third kappa shape index (κ3) is 2.74. The van der Waals surface area contributed by atoms with Crippen LogP contribution in [0.5, 0.6) is 0 Å². The van der Waals surface area contributed by atoms with E-state index in [4.69, 9.17) is 0 Å². The second-order valence-electron chi connectivity index (χ2n) is 8.75. The Kier molecular flexibility index (Phi) is 3.76. The van der Waals surface area contributed by atoms with Crippen LogP contribution in [0.2, 0.25) is 0 Å². The lowest BCUT2D eigenvalue weighted by Gasteiger charge is -2.54. The minimum atomic E-state index is -0.195. The molecule has 1 saturated heterocycles. The van der Waals surface area contributed by atoms with Crippen LogP contribution < -0.4 is 4.90 Å². The topological polar surface area (TPSA) is 23.6 Å². The molecule has 134 valence electrons. The molecule has 0 unspecified atom stereocenters. The smallest absolute Gasteiger partial charge is 0.226 e. The Bertz CT molecular complexity index is 622. The number of anilines is 1. The second-order valence-corrected chi connectivity index (χ2v) is 8.75. The molecule has 4 saturated carbocycles. The molecule has 5 fully saturated rings. The lowest BCUT2D eigenvalue weighted by molar-refractivity contribution is -0.149. The van der Waals surface area contributed by atoms with Crippen molar-refractivity contribution < 1.29 is 9.18 Å². The lowest BCUT2D eigenvalue weighted by Crippen LogP contribution is -2.56. The molecule has 1 aromatic carbocycles. The van der Waals surface area contributed by atoms with E-state index in [0.29, 0.717) is 23.7 Å². The van der Waals surface area contributed by atoms with Gasteiger partial charge >= 0.3 is 0 Å². The van der Waals surface area contributed by atoms with Crippen LogP contribution in [0, 0.1) is 35.4 Å². The summed E-state index contributed by atoms with van der Waals surface area (Å²) in [5.41, 5.74) is 1.06. The van der Waals surface area contributed by atoms with Gasteiger partial charge in [0.15, 0.2) is 0 Å². The van der Waals surface area contributed by atoms with Gasteiger partial charge in [-0.15, -0.1) is 0 Å². The number of hydrogen-bond donors (Lipinski definition) is 0. The van der Waals surface area contributed by atoms with Crippen LogP contribution in [0.15, 0.2) is 24.3 Å². The summed E-state index contributed by atoms with van der Waals surface area (Å²) in [6, 6.07) is 6.71. The van der Waals surface area contributed by atoms with E-state index in [1.807, 2.05) is 12.1 Å². The lowest BCUT2D eigenvalue weighted by atomic mass is 9.51. The van der Waals surface area contributed by atoms with Crippen molar-refractivity contribution in [1.82, 2.24) is 4.90 Å². The summed E-state index contributed by atoms with van der Waals surface area (Å²) < 4.78 is 13.1. The summed E-state index contributed by atoms with van der Waals surface area (Å²) in [4.78, 5) is 17.6. The fourth-order valence-corrected chi connectivity index (χ4v) is 6.38. The normalized spacial score (nSPS) is 36.8. The van der Waals surface area contributed by atoms with Gasteiger partial charge in [-0.1, -0.05) is 0 Å². The Morgan fingerprint density at radius 1 is 0.840 bits per heavy atom. The van der Waals surface area contributed by atoms with E-state index in [1.54, 1.807) is 0 Å². The summed E-state index contributed by atoms with van der Waals surface area (Å²) in [5, 5.41) is 0. The summed E-state index contributed by atoms with van der Waals surface area (Å²) >= 11 is 0. The summed E-state index contributed by atoms with van der Waals surface area (Å²) in [7, 11) is 0. The summed E-state index contributed by atoms with van der Waals surface area (Å²) in [6.45, 7) is 3.31. The van der Waals surface area contributed by atoms with E-state index in [2.05, 4.69) is 9.80 Å². The average Bonchev–Trinajstić information content (AvgIpc) is 2.61. The van der Waals surface area contributed by atoms with E-state index >= 15 is 0 Å². The molecule has 4 heteroatoms. The Morgan fingerprint density at radius 3 is 1.96 bits per heavy atom. The minimum Gasteiger partial charge on any atom is -0.368 e. The van der Waals surface area contributed by atoms with Gasteiger partial charge in [0.1, 0.15) is 5.82 Å². The first-order valence-corrected chi connectivity index (χ1v) is 9.96. The van der Waals surface area contributed by atoms with Crippen molar-refractivity contribution in [3.8, 4) is 0 Å². The molecule has 1 heterocycles. The van der Waals surface area contributed by atoms with Crippen LogP contribution in [0.1, 0.15) is 32.1 Å². The van der Waals surface area contributed by atoms with Crippen LogP contribution in [-0.4, -0.2) is 37.0 Å². The number of amides is 1. The SMILES string of the molecule is O=C(C1C2CC3CC(C2)CC1C3)N1CCN(c2ccc(F)cc2)CC1. The maximum absolute atomic E-state index is 13.2. The summed E-state index contributed by atoms with van der Waals surface area (Å²) in [5.74, 6) is 3.72. The minimum absolute atomic E-state index is 0.195. The molecular formula is C21H27FN2O. The van der Waals surface area contributed by atoms with E-state index < -0.39 is 0 Å². The summed E-state index contributed by atoms with van der Waals surface area (Å²) in [6.07, 6.45) is 6.65. The standard InChI is InChI=1S/C21H27FN2O/c22-18-1-3-19(4-2-18)23-5-7-24(8-6-23)21(25)20-16-10-14-9-15(12-16)13-17(20)11-14/h1-4,14-17,20H,5-13H2. The maximum atomic E-state index is 13.2. The van der Waals surface area contributed by atoms with Crippen molar-refractivity contribution in [2.24, 2.45) is 29.6 Å². The zero-order valence-corrected chi connectivity index (χ0v) is 14.7. The van der Waals surface area contributed by atoms with Crippen molar-refractivity contribution in [2.75, 3.05) is 31.1 Å². The van der Waals surface area contributed by atoms with Gasteiger partial charge in [-0.2, -0.15) is 0 Å². The average molecular weight is 342 g/mol. The molecule has 1 amide bonds. The molecule has 0 spiro atoms. The number of rotatable bonds is 2. The van der Waals surface area contributed by atoms with Crippen LogP contribution >= 0.6 is 0 Å². The van der Waals surface area contributed by atoms with Crippen molar-refractivity contribution >= 4 is 11.6 Å². The van der Waals surface area contributed by atoms with Gasteiger partial charge in [-0.3, -0.25) is 4.79 Å². The number of benzene rings is 1. The highest BCUT2D eigenvalue weighted by Crippen LogP contribution is 2.56. The monoisotopic (exact) mass is 342 g/mol. The molecular weight excluding hydrogens is 315 g/mol. The van der Waals surface area contributed by atoms with Gasteiger partial charge in [-0.05, 0) is 80.0 Å². The number of carbonyl (C=O) groups excluding carboxylic acids is 1. The fourth-order valence-electron chi connectivity index (χ4n) is 6.38. The molecule has 6 rings (SSSR count). The van der Waals surface area contributed by atoms with Gasteiger partial charge in [0.05, 0.1) is 0 Å². The zero-order valence-electron chi connectivity index (χ0n) is 14.7. The van der Waals surface area contributed by atoms with E-state index in [9.17, 15) is 9.18 Å². The Morgan fingerprint density at radius 2 is 1.40 bits per heavy atom. The van der Waals surface area contributed by atoms with Crippen molar-refractivity contribution in [3.05, 3.63) is 30.1 Å². The van der Waals surface area contributed by atoms with Crippen molar-refractivity contribution in [1.29, 1.82) is 0 Å². The van der Waals surface area contributed by atoms with Crippen LogP contribution in [0.3, 0.4) is 0 Å². The molecule has 0 aromatic heterocycles. The van der Waals surface area contributed by atoms with Gasteiger partial charge in [0.2, 0.25) is 5.91 Å². The number of halogens is 1. The van der Waals surface area contributed by atoms with Crippen molar-refractivity contribution in [3.63, 3.8) is 0 Å². The molecule has 25 heavy (non-hydrogen) atoms. The molecule has 0 atom stereocenters. The number of piperazine rings is 1. The highest BCUT2D eigenvalue weighted by Gasteiger charge is 2.51. The van der Waals surface area contributed by atoms with Gasteiger partial charge in [0, 0.05) is 37.8 Å². The third-order valence-electron chi connectivity index (χ3n) is 7.30. The zero-order chi connectivity index (χ0) is 17.0. The number of hydrogen-bond acceptors (Lipinski definition) is 2. The first-order valence-electron chi connectivity index (χ1n) is 9.96. The van der Waals surface area contributed by atoms with Gasteiger partial charge in [0.25, 0.3) is 0 Å². The van der Waals surface area contributed by atoms with Crippen LogP contribution in [0.4, 0.5) is 10.1 Å². The predicted molar refractivity (Wildman–Crippen MR) is 95.7 cm³/mol. The van der Waals surface area contributed by atoms with Crippen LogP contribution in [0.25, 0.3) is 0 Å². The number of nitrogens with zero attached hydrogens (tertiary/aromatic N) is 2. The first-order chi connectivity index (χ1) is 12.2. The molecule has 1 aliphatic heterocycles. The Hall–Kier alpha value is -1.58. The van der Waals surface area contributed by atoms with Crippen LogP contribution in [-0.2, 0) is 4.79 Å². The maximum Gasteiger partial charge on any atom is 0.226 e.